The van der Waals surface area contributed by atoms with Crippen molar-refractivity contribution in [2.45, 2.75) is 148 Å². The number of aliphatic hydroxyl groups excluding tert-OH is 2. The van der Waals surface area contributed by atoms with Crippen molar-refractivity contribution in [2.75, 3.05) is 34.2 Å². The lowest BCUT2D eigenvalue weighted by molar-refractivity contribution is -0.364. The van der Waals surface area contributed by atoms with E-state index in [-0.39, 0.29) is 70.5 Å². The third-order valence-corrected chi connectivity index (χ3v) is 23.2. The van der Waals surface area contributed by atoms with Crippen molar-refractivity contribution in [1.82, 2.24) is 0 Å². The smallest absolute Gasteiger partial charge is 0.310 e. The van der Waals surface area contributed by atoms with Gasteiger partial charge in [0.2, 0.25) is 12.5 Å². The van der Waals surface area contributed by atoms with Crippen molar-refractivity contribution < 1.29 is 81.9 Å². The number of phenols is 1. The van der Waals surface area contributed by atoms with Gasteiger partial charge in [-0.05, 0) is 170 Å². The van der Waals surface area contributed by atoms with Gasteiger partial charge in [-0.15, -0.1) is 0 Å². The standard InChI is InChI=1S/C29H32O13.2C20H24O2/c1-11-36-9-20-27(40-11)24(31)25(32)29(41-20)42-26-14-7-17-16(38-10-39-17)6-13(14)21(22-15(26)8-37-28(22)33)12-4-18(34-2)23(30)19(5-12)35-3;2*1-12-10-14-15-4-5-18(22)20(15,3)9-7-16(14)19(2)8-6-13(21)11-17(12)19/h4-7,11,15,20-22,24-27,29-32H,8-10H2,1-3H3;2*6,8,11,14-16H,1,4-5,7,9-10H2,2-3H3/t11-,15?,20-,21-,22+,24-,25-,26?,27-,29+;2*14-,15-,16-,19+,20-/m100/s1. The Kier molecular flexibility index (Phi) is 14.7. The van der Waals surface area contributed by atoms with E-state index in [0.29, 0.717) is 75.3 Å². The number of fused-ring (bicyclic) bond motifs is 14. The first-order valence-corrected chi connectivity index (χ1v) is 30.8. The lowest BCUT2D eigenvalue weighted by atomic mass is 9.48. The van der Waals surface area contributed by atoms with E-state index in [4.69, 9.17) is 42.6 Å². The zero-order chi connectivity index (χ0) is 60.7. The molecular weight excluding hydrogens is 1100 g/mol. The lowest BCUT2D eigenvalue weighted by Gasteiger charge is -2.56. The molecule has 0 spiro atoms. The SMILES string of the molecule is C=C1C[C@@H]2[C@H](CC[C@]3(C)C(=O)CC[C@@H]23)[C@@]2(C)C=CC(=O)C=C12.C=C1C[C@@H]2[C@H](CC[C@]3(C)C(=O)CC[C@@H]23)[C@@]2(C)C=CC(=O)C=C12.COc1cc([C@@H]2c3cc4c(cc3C(O[C@@H]3O[C@@H]5CO[C@@H](C)O[C@H]5[C@H](O)[C@H]3O)C3COC(=O)[C@@H]32)OCO4)cc(OC)c1O. The van der Waals surface area contributed by atoms with Crippen LogP contribution in [0.2, 0.25) is 0 Å². The summed E-state index contributed by atoms with van der Waals surface area (Å²) >= 11 is 0. The van der Waals surface area contributed by atoms with E-state index in [0.717, 1.165) is 86.5 Å². The van der Waals surface area contributed by atoms with Crippen LogP contribution in [-0.4, -0.2) is 116 Å². The van der Waals surface area contributed by atoms with Crippen LogP contribution in [-0.2, 0) is 47.7 Å². The molecule has 2 aromatic carbocycles. The van der Waals surface area contributed by atoms with E-state index in [1.165, 1.54) is 14.2 Å². The van der Waals surface area contributed by atoms with Crippen LogP contribution in [0.5, 0.6) is 28.7 Å². The second kappa shape index (κ2) is 21.5. The number of methoxy groups -OCH3 is 2. The van der Waals surface area contributed by atoms with Crippen molar-refractivity contribution in [1.29, 1.82) is 0 Å². The van der Waals surface area contributed by atoms with E-state index >= 15 is 0 Å². The lowest BCUT2D eigenvalue weighted by Crippen LogP contribution is -2.63. The predicted molar refractivity (Wildman–Crippen MR) is 311 cm³/mol. The number of hydrogen-bond acceptors (Lipinski definition) is 17. The summed E-state index contributed by atoms with van der Waals surface area (Å²) in [6.45, 7) is 19.4. The summed E-state index contributed by atoms with van der Waals surface area (Å²) in [7, 11) is 2.86. The topological polar surface area (TPSA) is 229 Å². The average molecular weight is 1180 g/mol. The molecule has 9 fully saturated rings. The fourth-order valence-electron chi connectivity index (χ4n) is 18.7. The van der Waals surface area contributed by atoms with E-state index in [1.807, 2.05) is 0 Å². The quantitative estimate of drug-likeness (QED) is 0.237. The molecule has 4 heterocycles. The van der Waals surface area contributed by atoms with Gasteiger partial charge in [0.25, 0.3) is 0 Å². The summed E-state index contributed by atoms with van der Waals surface area (Å²) in [6.07, 6.45) is 14.2. The molecule has 2 unspecified atom stereocenters. The molecule has 4 aliphatic heterocycles. The maximum absolute atomic E-state index is 13.4. The minimum absolute atomic E-state index is 0.0301. The number of aliphatic hydroxyl groups is 2. The maximum atomic E-state index is 13.4. The van der Waals surface area contributed by atoms with Crippen LogP contribution in [0.15, 0.2) is 96.2 Å². The van der Waals surface area contributed by atoms with Gasteiger partial charge in [0.05, 0.1) is 39.5 Å². The van der Waals surface area contributed by atoms with Gasteiger partial charge in [-0.1, -0.05) is 64.2 Å². The van der Waals surface area contributed by atoms with Crippen LogP contribution in [0.3, 0.4) is 0 Å². The zero-order valence-electron chi connectivity index (χ0n) is 50.2. The van der Waals surface area contributed by atoms with Gasteiger partial charge in [-0.3, -0.25) is 24.0 Å². The van der Waals surface area contributed by atoms with Crippen LogP contribution in [0, 0.1) is 69.0 Å². The number of hydrogen-bond donors (Lipinski definition) is 3. The number of allylic oxidation sites excluding steroid dienone is 10. The molecule has 0 bridgehead atoms. The van der Waals surface area contributed by atoms with Crippen molar-refractivity contribution in [3.8, 4) is 28.7 Å². The minimum atomic E-state index is -1.44. The largest absolute Gasteiger partial charge is 0.502 e. The summed E-state index contributed by atoms with van der Waals surface area (Å²) < 4.78 is 51.5. The number of carbonyl (C=O) groups excluding carboxylic acids is 5. The van der Waals surface area contributed by atoms with Gasteiger partial charge in [0.1, 0.15) is 36.0 Å². The third-order valence-electron chi connectivity index (χ3n) is 23.2. The predicted octanol–water partition coefficient (Wildman–Crippen LogP) is 9.40. The van der Waals surface area contributed by atoms with Crippen LogP contribution >= 0.6 is 0 Å². The summed E-state index contributed by atoms with van der Waals surface area (Å²) in [5, 5.41) is 32.5. The Morgan fingerprint density at radius 2 is 1.17 bits per heavy atom. The molecule has 2 aromatic rings. The molecular formula is C69H80O17. The first-order valence-electron chi connectivity index (χ1n) is 30.8. The molecule has 458 valence electrons. The molecule has 3 saturated heterocycles. The van der Waals surface area contributed by atoms with Crippen molar-refractivity contribution >= 4 is 29.1 Å². The molecule has 20 atom stereocenters. The minimum Gasteiger partial charge on any atom is -0.502 e. The Morgan fingerprint density at radius 1 is 0.640 bits per heavy atom. The van der Waals surface area contributed by atoms with Crippen molar-refractivity contribution in [2.24, 2.45) is 69.0 Å². The highest BCUT2D eigenvalue weighted by atomic mass is 16.8. The van der Waals surface area contributed by atoms with E-state index < -0.39 is 66.8 Å². The summed E-state index contributed by atoms with van der Waals surface area (Å²) in [6, 6.07) is 6.93. The molecule has 9 aliphatic carbocycles. The number of carbonyl (C=O) groups is 5. The Hall–Kier alpha value is -6.21. The average Bonchev–Trinajstić information content (AvgIpc) is 1.46. The second-order valence-corrected chi connectivity index (χ2v) is 27.3. The molecule has 17 nitrogen and oxygen atoms in total. The molecule has 0 radical (unpaired) electrons. The number of aromatic hydroxyl groups is 1. The molecule has 13 aliphatic rings. The van der Waals surface area contributed by atoms with Gasteiger partial charge in [0.15, 0.2) is 47.1 Å². The van der Waals surface area contributed by atoms with Crippen molar-refractivity contribution in [3.63, 3.8) is 0 Å². The molecule has 17 heteroatoms. The molecule has 15 rings (SSSR count). The second-order valence-electron chi connectivity index (χ2n) is 27.3. The number of esters is 1. The number of phenolic OH excluding ortho intramolecular Hbond substituents is 1. The van der Waals surface area contributed by atoms with Crippen LogP contribution in [0.1, 0.15) is 128 Å². The van der Waals surface area contributed by atoms with Gasteiger partial charge in [-0.2, -0.15) is 0 Å². The Bertz CT molecular complexity index is 3210. The normalized spacial score (nSPS) is 41.8. The molecule has 0 amide bonds. The Balaban J connectivity index is 0.000000131. The Labute approximate surface area is 501 Å². The fourth-order valence-corrected chi connectivity index (χ4v) is 18.7. The van der Waals surface area contributed by atoms with Crippen LogP contribution < -0.4 is 18.9 Å². The molecule has 0 aromatic heterocycles. The van der Waals surface area contributed by atoms with E-state index in [1.54, 1.807) is 55.5 Å². The number of benzene rings is 2. The van der Waals surface area contributed by atoms with Crippen LogP contribution in [0.4, 0.5) is 0 Å². The van der Waals surface area contributed by atoms with Gasteiger partial charge >= 0.3 is 5.97 Å². The number of ether oxygens (including phenoxy) is 9. The van der Waals surface area contributed by atoms with Crippen LogP contribution in [0.25, 0.3) is 0 Å². The number of ketones is 4. The molecule has 86 heavy (non-hydrogen) atoms. The van der Waals surface area contributed by atoms with E-state index in [2.05, 4.69) is 53.0 Å². The first-order chi connectivity index (χ1) is 41.0. The van der Waals surface area contributed by atoms with Crippen molar-refractivity contribution in [3.05, 3.63) is 113 Å². The van der Waals surface area contributed by atoms with Gasteiger partial charge < -0.3 is 58.0 Å². The molecule has 3 N–H and O–H groups in total. The van der Waals surface area contributed by atoms with Gasteiger partial charge in [-0.25, -0.2) is 0 Å². The highest BCUT2D eigenvalue weighted by Crippen LogP contribution is 2.66. The number of rotatable bonds is 5. The fraction of sp³-hybridized carbons (Fsp3) is 0.580. The number of cyclic esters (lactones) is 1. The third kappa shape index (κ3) is 9.16. The summed E-state index contributed by atoms with van der Waals surface area (Å²) in [4.78, 5) is 61.8. The summed E-state index contributed by atoms with van der Waals surface area (Å²) in [5.74, 6) is 3.26. The monoisotopic (exact) mass is 1180 g/mol. The maximum Gasteiger partial charge on any atom is 0.310 e. The summed E-state index contributed by atoms with van der Waals surface area (Å²) in [5.41, 5.74) is 6.19. The highest BCUT2D eigenvalue weighted by molar-refractivity contribution is 6.02. The first kappa shape index (κ1) is 58.8. The highest BCUT2D eigenvalue weighted by Gasteiger charge is 2.62. The van der Waals surface area contributed by atoms with Gasteiger partial charge in [0, 0.05) is 46.3 Å². The molecule has 6 saturated carbocycles. The Morgan fingerprint density at radius 3 is 1.71 bits per heavy atom. The van der Waals surface area contributed by atoms with E-state index in [9.17, 15) is 39.3 Å². The zero-order valence-corrected chi connectivity index (χ0v) is 50.2. The number of Topliss-reactive ketones (excluding diaryl/α,β-unsaturated/α-hetero) is 2.